The minimum absolute atomic E-state index is 0.000917. The van der Waals surface area contributed by atoms with E-state index in [2.05, 4.69) is 17.2 Å². The van der Waals surface area contributed by atoms with Crippen molar-refractivity contribution in [3.05, 3.63) is 83.9 Å². The van der Waals surface area contributed by atoms with E-state index in [4.69, 9.17) is 9.47 Å². The van der Waals surface area contributed by atoms with E-state index in [1.54, 1.807) is 53.7 Å². The van der Waals surface area contributed by atoms with E-state index in [1.165, 1.54) is 17.9 Å². The Morgan fingerprint density at radius 3 is 1.98 bits per heavy atom. The third-order valence-electron chi connectivity index (χ3n) is 5.96. The second-order valence-corrected chi connectivity index (χ2v) is 12.2. The highest BCUT2D eigenvalue weighted by Crippen LogP contribution is 2.24. The van der Waals surface area contributed by atoms with E-state index < -0.39 is 53.2 Å². The zero-order valence-corrected chi connectivity index (χ0v) is 26.0. The Balaban J connectivity index is 2.47. The molecule has 228 valence electrons. The molecule has 0 aromatic heterocycles. The van der Waals surface area contributed by atoms with Crippen LogP contribution in [0.2, 0.25) is 0 Å². The highest BCUT2D eigenvalue weighted by molar-refractivity contribution is 5.94. The summed E-state index contributed by atoms with van der Waals surface area (Å²) in [7, 11) is 0. The van der Waals surface area contributed by atoms with Gasteiger partial charge in [-0.1, -0.05) is 66.2 Å². The maximum absolute atomic E-state index is 14.1. The van der Waals surface area contributed by atoms with E-state index >= 15 is 0 Å². The van der Waals surface area contributed by atoms with Gasteiger partial charge in [0.25, 0.3) is 0 Å². The smallest absolute Gasteiger partial charge is 0.408 e. The summed E-state index contributed by atoms with van der Waals surface area (Å²) >= 11 is 0. The Kier molecular flexibility index (Phi) is 11.9. The number of nitrogens with zero attached hydrogens (tertiary/aromatic N) is 1. The predicted octanol–water partition coefficient (Wildman–Crippen LogP) is 5.03. The fraction of sp³-hybridized carbons (Fsp3) is 0.455. The Morgan fingerprint density at radius 2 is 1.45 bits per heavy atom. The molecule has 9 heteroatoms. The third kappa shape index (κ3) is 11.0. The molecule has 3 atom stereocenters. The van der Waals surface area contributed by atoms with Crippen LogP contribution in [0.3, 0.4) is 0 Å². The molecule has 0 heterocycles. The minimum Gasteiger partial charge on any atom is -0.458 e. The summed E-state index contributed by atoms with van der Waals surface area (Å²) in [6.45, 7) is 17.6. The lowest BCUT2D eigenvalue weighted by molar-refractivity contribution is -0.159. The van der Waals surface area contributed by atoms with Gasteiger partial charge in [0.15, 0.2) is 0 Å². The molecule has 0 bridgehead atoms. The van der Waals surface area contributed by atoms with Crippen LogP contribution < -0.4 is 10.6 Å². The van der Waals surface area contributed by atoms with Gasteiger partial charge in [0, 0.05) is 13.0 Å². The number of rotatable bonds is 11. The van der Waals surface area contributed by atoms with Crippen molar-refractivity contribution in [1.82, 2.24) is 15.5 Å². The molecule has 3 unspecified atom stereocenters. The summed E-state index contributed by atoms with van der Waals surface area (Å²) in [6, 6.07) is 13.3. The highest BCUT2D eigenvalue weighted by Gasteiger charge is 2.36. The third-order valence-corrected chi connectivity index (χ3v) is 5.96. The van der Waals surface area contributed by atoms with E-state index in [1.807, 2.05) is 49.4 Å². The van der Waals surface area contributed by atoms with E-state index in [0.29, 0.717) is 5.56 Å². The number of alkyl carbamates (subject to hydrolysis) is 1. The second-order valence-electron chi connectivity index (χ2n) is 12.2. The summed E-state index contributed by atoms with van der Waals surface area (Å²) in [4.78, 5) is 54.9. The number of amides is 3. The van der Waals surface area contributed by atoms with Crippen molar-refractivity contribution < 1.29 is 28.7 Å². The van der Waals surface area contributed by atoms with Gasteiger partial charge in [-0.3, -0.25) is 9.59 Å². The highest BCUT2D eigenvalue weighted by atomic mass is 16.6. The molecular weight excluding hydrogens is 534 g/mol. The maximum atomic E-state index is 14.1. The molecule has 0 radical (unpaired) electrons. The van der Waals surface area contributed by atoms with Gasteiger partial charge in [-0.05, 0) is 66.5 Å². The topological polar surface area (TPSA) is 114 Å². The van der Waals surface area contributed by atoms with Crippen LogP contribution in [0.5, 0.6) is 0 Å². The van der Waals surface area contributed by atoms with Crippen molar-refractivity contribution >= 4 is 23.9 Å². The Morgan fingerprint density at radius 1 is 0.881 bits per heavy atom. The molecule has 0 fully saturated rings. The number of carbonyl (C=O) groups excluding carboxylic acids is 4. The average Bonchev–Trinajstić information content (AvgIpc) is 2.87. The van der Waals surface area contributed by atoms with Gasteiger partial charge in [-0.15, -0.1) is 6.58 Å². The Hall–Kier alpha value is -4.14. The molecule has 0 saturated heterocycles. The lowest BCUT2D eigenvalue weighted by Gasteiger charge is -2.34. The van der Waals surface area contributed by atoms with Crippen molar-refractivity contribution in [1.29, 1.82) is 0 Å². The van der Waals surface area contributed by atoms with E-state index in [-0.39, 0.29) is 13.0 Å². The van der Waals surface area contributed by atoms with Gasteiger partial charge in [0.05, 0.1) is 0 Å². The number of esters is 1. The number of ether oxygens (including phenoxy) is 2. The van der Waals surface area contributed by atoms with E-state index in [0.717, 1.165) is 11.1 Å². The van der Waals surface area contributed by atoms with Crippen molar-refractivity contribution in [3.8, 4) is 0 Å². The first-order chi connectivity index (χ1) is 19.5. The maximum Gasteiger partial charge on any atom is 0.408 e. The largest absolute Gasteiger partial charge is 0.458 e. The van der Waals surface area contributed by atoms with Gasteiger partial charge >= 0.3 is 12.1 Å². The second kappa shape index (κ2) is 14.7. The van der Waals surface area contributed by atoms with Crippen molar-refractivity contribution in [3.63, 3.8) is 0 Å². The first-order valence-corrected chi connectivity index (χ1v) is 14.1. The lowest BCUT2D eigenvalue weighted by atomic mass is 10.00. The monoisotopic (exact) mass is 579 g/mol. The fourth-order valence-electron chi connectivity index (χ4n) is 4.14. The molecule has 0 spiro atoms. The van der Waals surface area contributed by atoms with E-state index in [9.17, 15) is 19.2 Å². The number of hydrogen-bond donors (Lipinski definition) is 2. The van der Waals surface area contributed by atoms with Gasteiger partial charge < -0.3 is 25.0 Å². The SMILES string of the molecule is C=CCN(C(=O)C(C)NC(=O)OC(C)(C)C)C(C(=O)NC(Cc1ccccc1)C(=O)OC(C)(C)C)c1ccc(C)cc1. The summed E-state index contributed by atoms with van der Waals surface area (Å²) in [5.74, 6) is -1.70. The molecule has 2 aromatic carbocycles. The fourth-order valence-corrected chi connectivity index (χ4v) is 4.14. The zero-order valence-electron chi connectivity index (χ0n) is 26.0. The summed E-state index contributed by atoms with van der Waals surface area (Å²) in [5, 5.41) is 5.41. The molecule has 0 aliphatic heterocycles. The summed E-state index contributed by atoms with van der Waals surface area (Å²) < 4.78 is 10.9. The predicted molar refractivity (Wildman–Crippen MR) is 163 cm³/mol. The van der Waals surface area contributed by atoms with Crippen molar-refractivity contribution in [2.45, 2.75) is 91.1 Å². The summed E-state index contributed by atoms with van der Waals surface area (Å²) in [5.41, 5.74) is 0.791. The first kappa shape index (κ1) is 34.1. The quantitative estimate of drug-likeness (QED) is 0.285. The van der Waals surface area contributed by atoms with Crippen LogP contribution in [-0.2, 0) is 30.3 Å². The zero-order chi connectivity index (χ0) is 31.7. The van der Waals surface area contributed by atoms with Crippen LogP contribution in [-0.4, -0.2) is 58.6 Å². The average molecular weight is 580 g/mol. The van der Waals surface area contributed by atoms with Crippen LogP contribution in [0, 0.1) is 6.92 Å². The molecule has 0 aliphatic rings. The van der Waals surface area contributed by atoms with Crippen LogP contribution in [0.25, 0.3) is 0 Å². The van der Waals surface area contributed by atoms with Crippen LogP contribution in [0.1, 0.15) is 71.2 Å². The number of carbonyl (C=O) groups is 4. The van der Waals surface area contributed by atoms with Gasteiger partial charge in [0.2, 0.25) is 11.8 Å². The molecule has 0 saturated carbocycles. The molecule has 2 rings (SSSR count). The minimum atomic E-state index is -1.14. The number of benzene rings is 2. The van der Waals surface area contributed by atoms with Crippen molar-refractivity contribution in [2.24, 2.45) is 0 Å². The molecular formula is C33H45N3O6. The molecule has 3 amide bonds. The van der Waals surface area contributed by atoms with Gasteiger partial charge in [0.1, 0.15) is 29.3 Å². The molecule has 9 nitrogen and oxygen atoms in total. The lowest BCUT2D eigenvalue weighted by Crippen LogP contribution is -2.54. The molecule has 2 aromatic rings. The Bertz CT molecular complexity index is 1230. The van der Waals surface area contributed by atoms with Crippen molar-refractivity contribution in [2.75, 3.05) is 6.54 Å². The number of nitrogens with one attached hydrogen (secondary N) is 2. The van der Waals surface area contributed by atoms with Crippen LogP contribution in [0.4, 0.5) is 4.79 Å². The van der Waals surface area contributed by atoms with Crippen LogP contribution >= 0.6 is 0 Å². The normalized spacial score (nSPS) is 13.6. The van der Waals surface area contributed by atoms with Gasteiger partial charge in [-0.25, -0.2) is 9.59 Å². The summed E-state index contributed by atoms with van der Waals surface area (Å²) in [6.07, 6.45) is 0.932. The standard InChI is InChI=1S/C33H45N3O6/c1-10-20-36(29(38)23(3)34-31(40)42-33(7,8)9)27(25-18-16-22(2)17-19-25)28(37)35-26(30(39)41-32(4,5)6)21-24-14-12-11-13-15-24/h10-19,23,26-27H,1,20-21H2,2-9H3,(H,34,40)(H,35,37). The Labute approximate surface area is 249 Å². The molecule has 0 aliphatic carbocycles. The molecule has 2 N–H and O–H groups in total. The van der Waals surface area contributed by atoms with Gasteiger partial charge in [-0.2, -0.15) is 0 Å². The van der Waals surface area contributed by atoms with Crippen LogP contribution in [0.15, 0.2) is 67.3 Å². The first-order valence-electron chi connectivity index (χ1n) is 14.1. The number of hydrogen-bond acceptors (Lipinski definition) is 6. The molecule has 42 heavy (non-hydrogen) atoms. The number of aryl methyl sites for hydroxylation is 1.